The maximum atomic E-state index is 12.4. The Morgan fingerprint density at radius 1 is 1.41 bits per heavy atom. The van der Waals surface area contributed by atoms with E-state index in [1.807, 2.05) is 16.7 Å². The van der Waals surface area contributed by atoms with Gasteiger partial charge < -0.3 is 14.0 Å². The molecule has 2 heterocycles. The van der Waals surface area contributed by atoms with Gasteiger partial charge in [-0.05, 0) is 53.0 Å². The smallest absolute Gasteiger partial charge is 0.354 e. The first-order chi connectivity index (χ1) is 12.9. The van der Waals surface area contributed by atoms with Gasteiger partial charge in [0.15, 0.2) is 0 Å². The predicted molar refractivity (Wildman–Crippen MR) is 104 cm³/mol. The van der Waals surface area contributed by atoms with Gasteiger partial charge in [-0.2, -0.15) is 0 Å². The minimum atomic E-state index is -0.443. The molecule has 1 aromatic heterocycles. The second kappa shape index (κ2) is 7.56. The third kappa shape index (κ3) is 3.49. The van der Waals surface area contributed by atoms with Gasteiger partial charge >= 0.3 is 5.97 Å². The van der Waals surface area contributed by atoms with E-state index in [0.29, 0.717) is 24.2 Å². The number of carbonyl (C=O) groups excluding carboxylic acids is 1. The maximum absolute atomic E-state index is 12.4. The van der Waals surface area contributed by atoms with Gasteiger partial charge in [-0.1, -0.05) is 0 Å². The Labute approximate surface area is 164 Å². The van der Waals surface area contributed by atoms with Crippen molar-refractivity contribution in [3.8, 4) is 17.0 Å². The van der Waals surface area contributed by atoms with E-state index < -0.39 is 10.9 Å². The van der Waals surface area contributed by atoms with Crippen LogP contribution in [-0.4, -0.2) is 29.2 Å². The number of ether oxygens (including phenoxy) is 2. The summed E-state index contributed by atoms with van der Waals surface area (Å²) in [6, 6.07) is 5.54. The normalized spacial score (nSPS) is 13.0. The molecule has 2 aromatic rings. The molecule has 0 unspecified atom stereocenters. The van der Waals surface area contributed by atoms with Crippen molar-refractivity contribution in [2.45, 2.75) is 26.8 Å². The van der Waals surface area contributed by atoms with Crippen LogP contribution in [0.15, 0.2) is 28.4 Å². The zero-order chi connectivity index (χ0) is 19.7. The van der Waals surface area contributed by atoms with Crippen LogP contribution in [0.4, 0.5) is 0 Å². The number of aryl methyl sites for hydroxylation is 1. The van der Waals surface area contributed by atoms with E-state index in [-0.39, 0.29) is 12.3 Å². The van der Waals surface area contributed by atoms with Crippen molar-refractivity contribution in [1.29, 1.82) is 0 Å². The number of nitro groups is 1. The number of aromatic nitrogens is 1. The van der Waals surface area contributed by atoms with Crippen molar-refractivity contribution < 1.29 is 19.2 Å². The summed E-state index contributed by atoms with van der Waals surface area (Å²) in [5, 5.41) is 11.1. The van der Waals surface area contributed by atoms with Crippen molar-refractivity contribution in [1.82, 2.24) is 4.57 Å². The third-order valence-electron chi connectivity index (χ3n) is 4.50. The van der Waals surface area contributed by atoms with Crippen LogP contribution in [0.3, 0.4) is 0 Å². The first-order valence-electron chi connectivity index (χ1n) is 8.47. The zero-order valence-corrected chi connectivity index (χ0v) is 16.8. The number of hydrogen-bond acceptors (Lipinski definition) is 5. The summed E-state index contributed by atoms with van der Waals surface area (Å²) in [7, 11) is 1.60. The minimum Gasteiger partial charge on any atom is -0.496 e. The standard InChI is InChI=1S/C19H19BrN2O5/c1-4-27-19(23)16-8-13(7-11(2)22(24)25)18-14-10-15(20)17(26-3)9-12(14)5-6-21(16)18/h7-10H,4-6H2,1-3H3/b11-7+. The highest BCUT2D eigenvalue weighted by atomic mass is 79.9. The number of benzene rings is 1. The summed E-state index contributed by atoms with van der Waals surface area (Å²) in [6.45, 7) is 4.01. The first-order valence-corrected chi connectivity index (χ1v) is 9.26. The molecule has 27 heavy (non-hydrogen) atoms. The number of rotatable bonds is 5. The van der Waals surface area contributed by atoms with E-state index >= 15 is 0 Å². The summed E-state index contributed by atoms with van der Waals surface area (Å²) in [5.41, 5.74) is 3.75. The largest absolute Gasteiger partial charge is 0.496 e. The Morgan fingerprint density at radius 2 is 2.15 bits per heavy atom. The Balaban J connectivity index is 2.25. The highest BCUT2D eigenvalue weighted by Crippen LogP contribution is 2.40. The van der Waals surface area contributed by atoms with Gasteiger partial charge in [0.1, 0.15) is 11.4 Å². The molecule has 1 aliphatic rings. The molecule has 0 atom stereocenters. The first kappa shape index (κ1) is 19.2. The van der Waals surface area contributed by atoms with E-state index in [4.69, 9.17) is 9.47 Å². The molecule has 0 saturated carbocycles. The van der Waals surface area contributed by atoms with E-state index in [1.54, 1.807) is 20.1 Å². The molecular formula is C19H19BrN2O5. The number of esters is 1. The van der Waals surface area contributed by atoms with Crippen molar-refractivity contribution in [3.05, 3.63) is 55.3 Å². The van der Waals surface area contributed by atoms with Gasteiger partial charge in [0, 0.05) is 30.7 Å². The average Bonchev–Trinajstić information content (AvgIpc) is 3.00. The van der Waals surface area contributed by atoms with Crippen molar-refractivity contribution >= 4 is 28.0 Å². The molecule has 1 aliphatic heterocycles. The van der Waals surface area contributed by atoms with Crippen molar-refractivity contribution in [2.75, 3.05) is 13.7 Å². The number of allylic oxidation sites excluding steroid dienone is 1. The van der Waals surface area contributed by atoms with Gasteiger partial charge in [-0.3, -0.25) is 10.1 Å². The summed E-state index contributed by atoms with van der Waals surface area (Å²) >= 11 is 3.50. The van der Waals surface area contributed by atoms with E-state index in [0.717, 1.165) is 27.0 Å². The van der Waals surface area contributed by atoms with Crippen LogP contribution in [0.2, 0.25) is 0 Å². The number of carbonyl (C=O) groups is 1. The van der Waals surface area contributed by atoms with Crippen LogP contribution in [0.25, 0.3) is 17.3 Å². The molecule has 0 saturated heterocycles. The number of methoxy groups -OCH3 is 1. The molecule has 1 aromatic carbocycles. The minimum absolute atomic E-state index is 0.00138. The molecule has 8 heteroatoms. The van der Waals surface area contributed by atoms with Gasteiger partial charge in [0.25, 0.3) is 0 Å². The topological polar surface area (TPSA) is 83.6 Å². The van der Waals surface area contributed by atoms with Crippen LogP contribution >= 0.6 is 15.9 Å². The van der Waals surface area contributed by atoms with Crippen LogP contribution in [0, 0.1) is 10.1 Å². The molecule has 0 N–H and O–H groups in total. The lowest BCUT2D eigenvalue weighted by molar-refractivity contribution is -0.422. The van der Waals surface area contributed by atoms with Crippen LogP contribution in [-0.2, 0) is 17.7 Å². The fourth-order valence-electron chi connectivity index (χ4n) is 3.28. The van der Waals surface area contributed by atoms with Crippen LogP contribution in [0.5, 0.6) is 5.75 Å². The van der Waals surface area contributed by atoms with Crippen molar-refractivity contribution in [3.63, 3.8) is 0 Å². The van der Waals surface area contributed by atoms with Gasteiger partial charge in [0.2, 0.25) is 5.70 Å². The molecule has 0 bridgehead atoms. The fourth-order valence-corrected chi connectivity index (χ4v) is 3.78. The average molecular weight is 435 g/mol. The number of halogens is 1. The molecule has 0 amide bonds. The summed E-state index contributed by atoms with van der Waals surface area (Å²) in [4.78, 5) is 23.1. The van der Waals surface area contributed by atoms with Crippen molar-refractivity contribution in [2.24, 2.45) is 0 Å². The lowest BCUT2D eigenvalue weighted by Gasteiger charge is -2.23. The lowest BCUT2D eigenvalue weighted by atomic mass is 9.96. The third-order valence-corrected chi connectivity index (χ3v) is 5.12. The fraction of sp³-hybridized carbons (Fsp3) is 0.316. The second-order valence-corrected chi connectivity index (χ2v) is 7.00. The monoisotopic (exact) mass is 434 g/mol. The Kier molecular flexibility index (Phi) is 5.36. The molecule has 3 rings (SSSR count). The van der Waals surface area contributed by atoms with Crippen LogP contribution in [0.1, 0.15) is 35.5 Å². The number of fused-ring (bicyclic) bond motifs is 3. The Bertz CT molecular complexity index is 961. The van der Waals surface area contributed by atoms with E-state index in [2.05, 4.69) is 15.9 Å². The molecule has 0 aliphatic carbocycles. The van der Waals surface area contributed by atoms with Gasteiger partial charge in [0.05, 0.1) is 28.8 Å². The van der Waals surface area contributed by atoms with Gasteiger partial charge in [-0.25, -0.2) is 4.79 Å². The Hall–Kier alpha value is -2.61. The summed E-state index contributed by atoms with van der Waals surface area (Å²) in [5.74, 6) is 0.283. The summed E-state index contributed by atoms with van der Waals surface area (Å²) in [6.07, 6.45) is 2.20. The van der Waals surface area contributed by atoms with E-state index in [9.17, 15) is 14.9 Å². The molecule has 142 valence electrons. The second-order valence-electron chi connectivity index (χ2n) is 6.14. The quantitative estimate of drug-likeness (QED) is 0.397. The Morgan fingerprint density at radius 3 is 2.78 bits per heavy atom. The zero-order valence-electron chi connectivity index (χ0n) is 15.2. The summed E-state index contributed by atoms with van der Waals surface area (Å²) < 4.78 is 13.2. The van der Waals surface area contributed by atoms with E-state index in [1.165, 1.54) is 13.0 Å². The highest BCUT2D eigenvalue weighted by Gasteiger charge is 2.27. The maximum Gasteiger partial charge on any atom is 0.354 e. The van der Waals surface area contributed by atoms with Crippen LogP contribution < -0.4 is 4.74 Å². The number of hydrogen-bond donors (Lipinski definition) is 0. The lowest BCUT2D eigenvalue weighted by Crippen LogP contribution is -2.17. The predicted octanol–water partition coefficient (Wildman–Crippen LogP) is 4.30. The highest BCUT2D eigenvalue weighted by molar-refractivity contribution is 9.10. The molecule has 7 nitrogen and oxygen atoms in total. The molecular weight excluding hydrogens is 416 g/mol. The molecule has 0 radical (unpaired) electrons. The molecule has 0 spiro atoms. The molecule has 0 fully saturated rings. The van der Waals surface area contributed by atoms with Gasteiger partial charge in [-0.15, -0.1) is 0 Å². The SMILES string of the molecule is CCOC(=O)c1cc(/C=C(\C)[N+](=O)[O-])c2n1CCc1cc(OC)c(Br)cc1-2. The number of nitrogens with zero attached hydrogens (tertiary/aromatic N) is 2.